The Morgan fingerprint density at radius 2 is 2.06 bits per heavy atom. The van der Waals surface area contributed by atoms with Gasteiger partial charge in [-0.25, -0.2) is 0 Å². The number of aryl methyl sites for hydroxylation is 1. The molecule has 0 amide bonds. The topological polar surface area (TPSA) is 0 Å². The maximum Gasteiger partial charge on any atom is 0.0530 e. The first-order chi connectivity index (χ1) is 8.72. The second kappa shape index (κ2) is 5.16. The van der Waals surface area contributed by atoms with Crippen molar-refractivity contribution in [3.05, 3.63) is 57.8 Å². The van der Waals surface area contributed by atoms with E-state index < -0.39 is 0 Å². The summed E-state index contributed by atoms with van der Waals surface area (Å²) >= 11 is 7.55. The van der Waals surface area contributed by atoms with Crippen LogP contribution in [0.15, 0.2) is 41.8 Å². The number of hydrogen-bond donors (Lipinski definition) is 0. The Hall–Kier alpha value is -0.640. The van der Waals surface area contributed by atoms with E-state index in [4.69, 9.17) is 0 Å². The quantitative estimate of drug-likeness (QED) is 0.518. The zero-order chi connectivity index (χ0) is 12.5. The molecule has 0 saturated heterocycles. The first-order valence-corrected chi connectivity index (χ1v) is 8.50. The van der Waals surface area contributed by atoms with Gasteiger partial charge in [-0.2, -0.15) is 0 Å². The van der Waals surface area contributed by atoms with E-state index >= 15 is 0 Å². The van der Waals surface area contributed by atoms with Gasteiger partial charge in [-0.15, -0.1) is 22.7 Å². The predicted molar refractivity (Wildman–Crippen MR) is 86.3 cm³/mol. The molecule has 2 aromatic heterocycles. The smallest absolute Gasteiger partial charge is 0.0530 e. The van der Waals surface area contributed by atoms with Crippen LogP contribution >= 0.6 is 38.6 Å². The van der Waals surface area contributed by atoms with Crippen LogP contribution < -0.4 is 0 Å². The van der Waals surface area contributed by atoms with Crippen LogP contribution in [0, 0.1) is 6.92 Å². The van der Waals surface area contributed by atoms with E-state index in [0.29, 0.717) is 4.83 Å². The van der Waals surface area contributed by atoms with Crippen LogP contribution in [-0.2, 0) is 6.42 Å². The van der Waals surface area contributed by atoms with E-state index in [0.717, 1.165) is 6.42 Å². The summed E-state index contributed by atoms with van der Waals surface area (Å²) in [5.74, 6) is 0. The lowest BCUT2D eigenvalue weighted by atomic mass is 10.1. The molecule has 0 aliphatic rings. The van der Waals surface area contributed by atoms with Crippen LogP contribution in [0.1, 0.15) is 20.8 Å². The highest BCUT2D eigenvalue weighted by Gasteiger charge is 2.12. The molecule has 0 aliphatic carbocycles. The summed E-state index contributed by atoms with van der Waals surface area (Å²) in [4.78, 5) is 1.85. The molecule has 2 heterocycles. The van der Waals surface area contributed by atoms with Crippen LogP contribution in [0.5, 0.6) is 0 Å². The lowest BCUT2D eigenvalue weighted by Gasteiger charge is -2.08. The minimum absolute atomic E-state index is 0.420. The Balaban J connectivity index is 1.82. The van der Waals surface area contributed by atoms with Crippen LogP contribution in [0.4, 0.5) is 0 Å². The maximum atomic E-state index is 3.83. The summed E-state index contributed by atoms with van der Waals surface area (Å²) in [6.07, 6.45) is 1.05. The summed E-state index contributed by atoms with van der Waals surface area (Å²) in [7, 11) is 0. The lowest BCUT2D eigenvalue weighted by molar-refractivity contribution is 0.968. The van der Waals surface area contributed by atoms with Gasteiger partial charge in [0.1, 0.15) is 0 Å². The van der Waals surface area contributed by atoms with Crippen molar-refractivity contribution in [3.63, 3.8) is 0 Å². The molecule has 0 saturated carbocycles. The van der Waals surface area contributed by atoms with Gasteiger partial charge in [0.25, 0.3) is 0 Å². The average molecular weight is 337 g/mol. The number of halogens is 1. The first-order valence-electron chi connectivity index (χ1n) is 5.89. The molecule has 1 aromatic carbocycles. The van der Waals surface area contributed by atoms with Crippen LogP contribution in [0.25, 0.3) is 9.40 Å². The van der Waals surface area contributed by atoms with E-state index in [1.807, 2.05) is 22.7 Å². The molecule has 0 N–H and O–H groups in total. The van der Waals surface area contributed by atoms with Crippen molar-refractivity contribution in [1.29, 1.82) is 0 Å². The van der Waals surface area contributed by atoms with E-state index in [2.05, 4.69) is 64.6 Å². The zero-order valence-corrected chi connectivity index (χ0v) is 13.2. The van der Waals surface area contributed by atoms with E-state index in [9.17, 15) is 0 Å². The summed E-state index contributed by atoms with van der Waals surface area (Å²) in [6, 6.07) is 13.3. The van der Waals surface area contributed by atoms with Gasteiger partial charge in [0.15, 0.2) is 0 Å². The Labute approximate surface area is 123 Å². The monoisotopic (exact) mass is 336 g/mol. The third-order valence-electron chi connectivity index (χ3n) is 2.96. The molecule has 0 nitrogen and oxygen atoms in total. The fourth-order valence-corrected chi connectivity index (χ4v) is 4.97. The molecule has 0 fully saturated rings. The molecule has 0 radical (unpaired) electrons. The Morgan fingerprint density at radius 1 is 1.17 bits per heavy atom. The first kappa shape index (κ1) is 12.4. The van der Waals surface area contributed by atoms with Crippen molar-refractivity contribution in [1.82, 2.24) is 0 Å². The SMILES string of the molecule is Cc1cccc(CC(Br)c2cc3sccc3s2)c1. The number of rotatable bonds is 3. The van der Waals surface area contributed by atoms with Gasteiger partial charge >= 0.3 is 0 Å². The van der Waals surface area contributed by atoms with Crippen LogP contribution in [-0.4, -0.2) is 0 Å². The third-order valence-corrected chi connectivity index (χ3v) is 6.29. The minimum Gasteiger partial charge on any atom is -0.143 e. The molecule has 1 atom stereocenters. The van der Waals surface area contributed by atoms with Gasteiger partial charge < -0.3 is 0 Å². The van der Waals surface area contributed by atoms with Crippen molar-refractivity contribution in [3.8, 4) is 0 Å². The van der Waals surface area contributed by atoms with Gasteiger partial charge in [0, 0.05) is 14.3 Å². The lowest BCUT2D eigenvalue weighted by Crippen LogP contribution is -1.93. The Kier molecular flexibility index (Phi) is 3.55. The number of hydrogen-bond acceptors (Lipinski definition) is 2. The Bertz CT molecular complexity index is 637. The summed E-state index contributed by atoms with van der Waals surface area (Å²) in [6.45, 7) is 2.15. The zero-order valence-electron chi connectivity index (χ0n) is 10.0. The Morgan fingerprint density at radius 3 is 2.83 bits per heavy atom. The molecule has 92 valence electrons. The van der Waals surface area contributed by atoms with E-state index in [-0.39, 0.29) is 0 Å². The van der Waals surface area contributed by atoms with Gasteiger partial charge in [0.2, 0.25) is 0 Å². The maximum absolute atomic E-state index is 3.83. The largest absolute Gasteiger partial charge is 0.143 e. The van der Waals surface area contributed by atoms with Gasteiger partial charge in [-0.05, 0) is 36.4 Å². The second-order valence-electron chi connectivity index (χ2n) is 4.46. The molecule has 3 rings (SSSR count). The van der Waals surface area contributed by atoms with Crippen LogP contribution in [0.3, 0.4) is 0 Å². The highest BCUT2D eigenvalue weighted by Crippen LogP contribution is 2.38. The van der Waals surface area contributed by atoms with E-state index in [1.165, 1.54) is 25.4 Å². The molecule has 3 aromatic rings. The average Bonchev–Trinajstić information content (AvgIpc) is 2.88. The predicted octanol–water partition coefficient (Wildman–Crippen LogP) is 5.95. The van der Waals surface area contributed by atoms with Crippen molar-refractivity contribution < 1.29 is 0 Å². The third kappa shape index (κ3) is 2.53. The summed E-state index contributed by atoms with van der Waals surface area (Å²) < 4.78 is 2.81. The summed E-state index contributed by atoms with van der Waals surface area (Å²) in [5, 5.41) is 2.16. The molecule has 0 spiro atoms. The molecule has 3 heteroatoms. The number of fused-ring (bicyclic) bond motifs is 1. The van der Waals surface area contributed by atoms with Crippen LogP contribution in [0.2, 0.25) is 0 Å². The van der Waals surface area contributed by atoms with Gasteiger partial charge in [-0.1, -0.05) is 45.8 Å². The highest BCUT2D eigenvalue weighted by molar-refractivity contribution is 9.09. The van der Waals surface area contributed by atoms with Gasteiger partial charge in [0.05, 0.1) is 4.83 Å². The molecular weight excluding hydrogens is 324 g/mol. The van der Waals surface area contributed by atoms with Crippen molar-refractivity contribution >= 4 is 48.0 Å². The fraction of sp³-hybridized carbons (Fsp3) is 0.200. The normalized spacial score (nSPS) is 13.0. The van der Waals surface area contributed by atoms with Crippen molar-refractivity contribution in [2.24, 2.45) is 0 Å². The minimum atomic E-state index is 0.420. The van der Waals surface area contributed by atoms with Crippen molar-refractivity contribution in [2.75, 3.05) is 0 Å². The van der Waals surface area contributed by atoms with E-state index in [1.54, 1.807) is 0 Å². The molecule has 1 unspecified atom stereocenters. The molecule has 0 bridgehead atoms. The standard InChI is InChI=1S/C15H13BrS2/c1-10-3-2-4-11(7-10)8-12(16)14-9-15-13(18-14)5-6-17-15/h2-7,9,12H,8H2,1H3. The number of alkyl halides is 1. The molecule has 0 aliphatic heterocycles. The summed E-state index contributed by atoms with van der Waals surface area (Å²) in [5.41, 5.74) is 2.73. The molecule has 18 heavy (non-hydrogen) atoms. The van der Waals surface area contributed by atoms with Crippen molar-refractivity contribution in [2.45, 2.75) is 18.2 Å². The number of benzene rings is 1. The highest BCUT2D eigenvalue weighted by atomic mass is 79.9. The molecular formula is C15H13BrS2. The number of thiophene rings is 2. The van der Waals surface area contributed by atoms with Gasteiger partial charge in [-0.3, -0.25) is 0 Å². The second-order valence-corrected chi connectivity index (χ2v) is 7.63. The fourth-order valence-electron chi connectivity index (χ4n) is 2.09.